The molecule has 0 aliphatic carbocycles. The minimum Gasteiger partial charge on any atom is -0.347 e. The Bertz CT molecular complexity index is 312. The van der Waals surface area contributed by atoms with Crippen molar-refractivity contribution < 1.29 is 0 Å². The van der Waals surface area contributed by atoms with Gasteiger partial charge in [-0.3, -0.25) is 0 Å². The van der Waals surface area contributed by atoms with Gasteiger partial charge in [0.25, 0.3) is 0 Å². The van der Waals surface area contributed by atoms with Crippen LogP contribution in [0.5, 0.6) is 0 Å². The largest absolute Gasteiger partial charge is 0.347 e. The lowest BCUT2D eigenvalue weighted by atomic mass is 10.2. The molecule has 0 unspecified atom stereocenters. The Hall–Kier alpha value is -0.130. The number of hydrogen-bond acceptors (Lipinski definition) is 4. The van der Waals surface area contributed by atoms with Gasteiger partial charge in [0.1, 0.15) is 4.60 Å². The van der Waals surface area contributed by atoms with Gasteiger partial charge in [0.2, 0.25) is 0 Å². The van der Waals surface area contributed by atoms with Crippen LogP contribution in [-0.4, -0.2) is 43.6 Å². The van der Waals surface area contributed by atoms with E-state index < -0.39 is 0 Å². The molecule has 3 nitrogen and oxygen atoms in total. The molecule has 0 saturated heterocycles. The zero-order chi connectivity index (χ0) is 12.1. The Balaban J connectivity index is 2.63. The van der Waals surface area contributed by atoms with Crippen LogP contribution in [0.4, 0.5) is 5.13 Å². The quantitative estimate of drug-likeness (QED) is 0.805. The number of nitrogens with zero attached hydrogens (tertiary/aromatic N) is 3. The SMILES string of the molecule is CC(C)CN(CCN(C)C)c1nc(Br)cs1. The van der Waals surface area contributed by atoms with E-state index in [1.165, 1.54) is 0 Å². The van der Waals surface area contributed by atoms with E-state index in [1.54, 1.807) is 11.3 Å². The van der Waals surface area contributed by atoms with Gasteiger partial charge < -0.3 is 9.80 Å². The maximum atomic E-state index is 4.48. The number of hydrogen-bond donors (Lipinski definition) is 0. The molecule has 0 N–H and O–H groups in total. The third-order valence-electron chi connectivity index (χ3n) is 2.14. The van der Waals surface area contributed by atoms with E-state index in [2.05, 4.69) is 58.7 Å². The second-order valence-corrected chi connectivity index (χ2v) is 6.24. The molecule has 0 radical (unpaired) electrons. The molecule has 16 heavy (non-hydrogen) atoms. The fraction of sp³-hybridized carbons (Fsp3) is 0.727. The predicted molar refractivity (Wildman–Crippen MR) is 75.4 cm³/mol. The van der Waals surface area contributed by atoms with Gasteiger partial charge >= 0.3 is 0 Å². The topological polar surface area (TPSA) is 19.4 Å². The van der Waals surface area contributed by atoms with Crippen molar-refractivity contribution in [2.75, 3.05) is 38.6 Å². The summed E-state index contributed by atoms with van der Waals surface area (Å²) >= 11 is 5.11. The lowest BCUT2D eigenvalue weighted by molar-refractivity contribution is 0.409. The highest BCUT2D eigenvalue weighted by atomic mass is 79.9. The second-order valence-electron chi connectivity index (χ2n) is 4.60. The van der Waals surface area contributed by atoms with Gasteiger partial charge in [-0.1, -0.05) is 13.8 Å². The first-order valence-electron chi connectivity index (χ1n) is 5.49. The van der Waals surface area contributed by atoms with Crippen LogP contribution in [0.15, 0.2) is 9.98 Å². The Morgan fingerprint density at radius 2 is 2.06 bits per heavy atom. The van der Waals surface area contributed by atoms with E-state index in [4.69, 9.17) is 0 Å². The third kappa shape index (κ3) is 4.80. The normalized spacial score (nSPS) is 11.4. The van der Waals surface area contributed by atoms with Gasteiger partial charge in [0.05, 0.1) is 0 Å². The van der Waals surface area contributed by atoms with Crippen LogP contribution in [0, 0.1) is 5.92 Å². The Morgan fingerprint density at radius 1 is 1.38 bits per heavy atom. The van der Waals surface area contributed by atoms with Crippen molar-refractivity contribution in [2.45, 2.75) is 13.8 Å². The van der Waals surface area contributed by atoms with Gasteiger partial charge in [-0.25, -0.2) is 4.98 Å². The van der Waals surface area contributed by atoms with Crippen LogP contribution in [0.3, 0.4) is 0 Å². The first-order chi connectivity index (χ1) is 7.49. The average Bonchev–Trinajstić information content (AvgIpc) is 2.58. The maximum Gasteiger partial charge on any atom is 0.186 e. The number of anilines is 1. The summed E-state index contributed by atoms with van der Waals surface area (Å²) in [6.07, 6.45) is 0. The van der Waals surface area contributed by atoms with Crippen LogP contribution in [0.2, 0.25) is 0 Å². The van der Waals surface area contributed by atoms with Gasteiger partial charge in [0.15, 0.2) is 5.13 Å². The van der Waals surface area contributed by atoms with Crippen LogP contribution in [0.1, 0.15) is 13.8 Å². The number of halogens is 1. The van der Waals surface area contributed by atoms with E-state index in [9.17, 15) is 0 Å². The van der Waals surface area contributed by atoms with Crippen molar-refractivity contribution in [1.82, 2.24) is 9.88 Å². The molecule has 5 heteroatoms. The fourth-order valence-electron chi connectivity index (χ4n) is 1.42. The standard InChI is InChI=1S/C11H20BrN3S/c1-9(2)7-15(6-5-14(3)4)11-13-10(12)8-16-11/h8-9H,5-7H2,1-4H3. The minimum atomic E-state index is 0.657. The molecule has 0 aliphatic rings. The molecule has 0 aliphatic heterocycles. The molecule has 1 aromatic heterocycles. The van der Waals surface area contributed by atoms with Crippen LogP contribution < -0.4 is 4.90 Å². The number of likely N-dealkylation sites (N-methyl/N-ethyl adjacent to an activating group) is 1. The molecule has 0 fully saturated rings. The average molecular weight is 306 g/mol. The van der Waals surface area contributed by atoms with Gasteiger partial charge in [-0.05, 0) is 35.9 Å². The zero-order valence-electron chi connectivity index (χ0n) is 10.4. The molecule has 0 spiro atoms. The Morgan fingerprint density at radius 3 is 2.50 bits per heavy atom. The van der Waals surface area contributed by atoms with Crippen LogP contribution >= 0.6 is 27.3 Å². The van der Waals surface area contributed by atoms with Gasteiger partial charge in [-0.2, -0.15) is 0 Å². The predicted octanol–water partition coefficient (Wildman–Crippen LogP) is 2.93. The van der Waals surface area contributed by atoms with Crippen molar-refractivity contribution in [3.63, 3.8) is 0 Å². The summed E-state index contributed by atoms with van der Waals surface area (Å²) in [5.74, 6) is 0.657. The first-order valence-corrected chi connectivity index (χ1v) is 7.17. The third-order valence-corrected chi connectivity index (χ3v) is 3.75. The van der Waals surface area contributed by atoms with Crippen LogP contribution in [0.25, 0.3) is 0 Å². The highest BCUT2D eigenvalue weighted by molar-refractivity contribution is 9.10. The zero-order valence-corrected chi connectivity index (χ0v) is 12.8. The van der Waals surface area contributed by atoms with Crippen LogP contribution in [-0.2, 0) is 0 Å². The van der Waals surface area contributed by atoms with E-state index in [0.29, 0.717) is 5.92 Å². The van der Waals surface area contributed by atoms with Crippen molar-refractivity contribution in [3.05, 3.63) is 9.98 Å². The number of rotatable bonds is 6. The molecule has 0 aromatic carbocycles. The highest BCUT2D eigenvalue weighted by Crippen LogP contribution is 2.24. The Labute approximate surface area is 111 Å². The lowest BCUT2D eigenvalue weighted by Gasteiger charge is -2.25. The number of thiazole rings is 1. The summed E-state index contributed by atoms with van der Waals surface area (Å²) in [6, 6.07) is 0. The van der Waals surface area contributed by atoms with Gasteiger partial charge in [-0.15, -0.1) is 11.3 Å². The summed E-state index contributed by atoms with van der Waals surface area (Å²) < 4.78 is 0.936. The summed E-state index contributed by atoms with van der Waals surface area (Å²) in [7, 11) is 4.21. The van der Waals surface area contributed by atoms with E-state index in [-0.39, 0.29) is 0 Å². The molecule has 0 bridgehead atoms. The molecule has 1 aromatic rings. The fourth-order valence-corrected chi connectivity index (χ4v) is 2.70. The first kappa shape index (κ1) is 13.9. The van der Waals surface area contributed by atoms with Crippen molar-refractivity contribution in [3.8, 4) is 0 Å². The Kier molecular flexibility index (Phi) is 5.72. The van der Waals surface area contributed by atoms with Crippen molar-refractivity contribution in [1.29, 1.82) is 0 Å². The van der Waals surface area contributed by atoms with E-state index >= 15 is 0 Å². The summed E-state index contributed by atoms with van der Waals surface area (Å²) in [6.45, 7) is 7.64. The van der Waals surface area contributed by atoms with Gasteiger partial charge in [0, 0.05) is 25.0 Å². The molecule has 0 amide bonds. The van der Waals surface area contributed by atoms with Crippen molar-refractivity contribution in [2.24, 2.45) is 5.92 Å². The molecule has 0 atom stereocenters. The van der Waals surface area contributed by atoms with Crippen molar-refractivity contribution >= 4 is 32.4 Å². The molecular weight excluding hydrogens is 286 g/mol. The summed E-state index contributed by atoms with van der Waals surface area (Å²) in [4.78, 5) is 9.05. The minimum absolute atomic E-state index is 0.657. The molecule has 92 valence electrons. The summed E-state index contributed by atoms with van der Waals surface area (Å²) in [5, 5.41) is 3.15. The molecule has 0 saturated carbocycles. The smallest absolute Gasteiger partial charge is 0.186 e. The monoisotopic (exact) mass is 305 g/mol. The summed E-state index contributed by atoms with van der Waals surface area (Å²) in [5.41, 5.74) is 0. The molecule has 1 heterocycles. The molecular formula is C11H20BrN3S. The molecule has 1 rings (SSSR count). The number of aromatic nitrogens is 1. The maximum absolute atomic E-state index is 4.48. The second kappa shape index (κ2) is 6.57. The lowest BCUT2D eigenvalue weighted by Crippen LogP contribution is -2.34. The van der Waals surface area contributed by atoms with E-state index in [1.807, 2.05) is 5.38 Å². The highest BCUT2D eigenvalue weighted by Gasteiger charge is 2.12. The van der Waals surface area contributed by atoms with E-state index in [0.717, 1.165) is 29.4 Å².